The summed E-state index contributed by atoms with van der Waals surface area (Å²) in [6.45, 7) is 6.70. The Morgan fingerprint density at radius 3 is 2.38 bits per heavy atom. The van der Waals surface area contributed by atoms with Crippen LogP contribution in [0.15, 0.2) is 28.7 Å². The van der Waals surface area contributed by atoms with Gasteiger partial charge >= 0.3 is 0 Å². The highest BCUT2D eigenvalue weighted by Gasteiger charge is 2.30. The third kappa shape index (κ3) is 3.01. The summed E-state index contributed by atoms with van der Waals surface area (Å²) in [5, 5.41) is 11.7. The molecule has 0 aliphatic heterocycles. The topological polar surface area (TPSA) is 33.4 Å². The predicted octanol–water partition coefficient (Wildman–Crippen LogP) is 5.24. The molecule has 1 fully saturated rings. The summed E-state index contributed by atoms with van der Waals surface area (Å²) in [6, 6.07) is 8.18. The second kappa shape index (κ2) is 5.84. The number of benzene rings is 1. The summed E-state index contributed by atoms with van der Waals surface area (Å²) in [4.78, 5) is 0. The molecule has 21 heavy (non-hydrogen) atoms. The lowest BCUT2D eigenvalue weighted by atomic mass is 9.75. The lowest BCUT2D eigenvalue weighted by Crippen LogP contribution is -2.22. The first kappa shape index (κ1) is 14.6. The fourth-order valence-corrected chi connectivity index (χ4v) is 3.69. The molecule has 1 heterocycles. The van der Waals surface area contributed by atoms with E-state index < -0.39 is 6.10 Å². The number of aliphatic hydroxyl groups is 1. The number of hydrogen-bond acceptors (Lipinski definition) is 2. The van der Waals surface area contributed by atoms with E-state index >= 15 is 0 Å². The smallest absolute Gasteiger partial charge is 0.134 e. The zero-order valence-corrected chi connectivity index (χ0v) is 13.3. The van der Waals surface area contributed by atoms with E-state index in [0.29, 0.717) is 5.92 Å². The van der Waals surface area contributed by atoms with Gasteiger partial charge in [-0.2, -0.15) is 0 Å². The van der Waals surface area contributed by atoms with E-state index in [9.17, 15) is 5.11 Å². The minimum absolute atomic E-state index is 0.349. The van der Waals surface area contributed by atoms with E-state index in [4.69, 9.17) is 4.42 Å². The van der Waals surface area contributed by atoms with Crippen LogP contribution in [-0.4, -0.2) is 5.11 Å². The standard InChI is InChI=1S/C19H26O2/c1-12(2)14-5-7-15(8-6-14)19(20)18-11-16-10-13(3)4-9-17(16)21-18/h4,9-12,14-15,19-20H,5-8H2,1-3H3. The lowest BCUT2D eigenvalue weighted by molar-refractivity contribution is 0.0515. The van der Waals surface area contributed by atoms with Crippen LogP contribution in [0.4, 0.5) is 0 Å². The molecule has 2 aromatic rings. The summed E-state index contributed by atoms with van der Waals surface area (Å²) in [6.07, 6.45) is 4.24. The number of aliphatic hydroxyl groups excluding tert-OH is 1. The van der Waals surface area contributed by atoms with E-state index in [1.54, 1.807) is 0 Å². The maximum Gasteiger partial charge on any atom is 0.134 e. The van der Waals surface area contributed by atoms with Crippen molar-refractivity contribution < 1.29 is 9.52 Å². The molecule has 1 aliphatic carbocycles. The Morgan fingerprint density at radius 2 is 1.71 bits per heavy atom. The Kier molecular flexibility index (Phi) is 4.08. The van der Waals surface area contributed by atoms with Crippen molar-refractivity contribution >= 4 is 11.0 Å². The molecule has 1 aromatic heterocycles. The van der Waals surface area contributed by atoms with Crippen LogP contribution in [0.5, 0.6) is 0 Å². The maximum atomic E-state index is 10.6. The Bertz CT molecular complexity index is 603. The van der Waals surface area contributed by atoms with Gasteiger partial charge < -0.3 is 9.52 Å². The molecule has 1 atom stereocenters. The van der Waals surface area contributed by atoms with E-state index in [1.807, 2.05) is 12.1 Å². The third-order valence-corrected chi connectivity index (χ3v) is 5.19. The highest BCUT2D eigenvalue weighted by Crippen LogP contribution is 2.40. The van der Waals surface area contributed by atoms with Crippen LogP contribution in [0.1, 0.15) is 57.0 Å². The van der Waals surface area contributed by atoms with Crippen LogP contribution in [0.2, 0.25) is 0 Å². The van der Waals surface area contributed by atoms with Crippen LogP contribution < -0.4 is 0 Å². The summed E-state index contributed by atoms with van der Waals surface area (Å²) in [7, 11) is 0. The van der Waals surface area contributed by atoms with Crippen molar-refractivity contribution in [2.24, 2.45) is 17.8 Å². The summed E-state index contributed by atoms with van der Waals surface area (Å²) in [5.74, 6) is 2.68. The zero-order valence-electron chi connectivity index (χ0n) is 13.3. The average molecular weight is 286 g/mol. The number of hydrogen-bond donors (Lipinski definition) is 1. The van der Waals surface area contributed by atoms with Gasteiger partial charge in [-0.05, 0) is 68.6 Å². The molecule has 114 valence electrons. The van der Waals surface area contributed by atoms with Crippen molar-refractivity contribution in [3.63, 3.8) is 0 Å². The molecule has 0 spiro atoms. The average Bonchev–Trinajstić information content (AvgIpc) is 2.89. The van der Waals surface area contributed by atoms with Crippen molar-refractivity contribution in [2.75, 3.05) is 0 Å². The molecule has 0 bridgehead atoms. The van der Waals surface area contributed by atoms with Crippen molar-refractivity contribution in [1.29, 1.82) is 0 Å². The molecule has 3 rings (SSSR count). The van der Waals surface area contributed by atoms with Gasteiger partial charge in [0, 0.05) is 5.39 Å². The molecule has 1 aromatic carbocycles. The first-order valence-electron chi connectivity index (χ1n) is 8.22. The van der Waals surface area contributed by atoms with Crippen LogP contribution in [-0.2, 0) is 0 Å². The van der Waals surface area contributed by atoms with Crippen LogP contribution in [0.3, 0.4) is 0 Å². The molecule has 0 radical (unpaired) electrons. The fraction of sp³-hybridized carbons (Fsp3) is 0.579. The summed E-state index contributed by atoms with van der Waals surface area (Å²) >= 11 is 0. The number of aryl methyl sites for hydroxylation is 1. The molecular formula is C19H26O2. The van der Waals surface area contributed by atoms with Gasteiger partial charge in [0.05, 0.1) is 0 Å². The molecule has 0 saturated heterocycles. The van der Waals surface area contributed by atoms with Crippen LogP contribution in [0.25, 0.3) is 11.0 Å². The minimum Gasteiger partial charge on any atom is -0.458 e. The second-order valence-corrected chi connectivity index (χ2v) is 7.05. The Balaban J connectivity index is 1.73. The van der Waals surface area contributed by atoms with Crippen LogP contribution in [0, 0.1) is 24.7 Å². The first-order valence-corrected chi connectivity index (χ1v) is 8.22. The van der Waals surface area contributed by atoms with Crippen molar-refractivity contribution in [3.8, 4) is 0 Å². The molecule has 1 unspecified atom stereocenters. The first-order chi connectivity index (χ1) is 10.0. The van der Waals surface area contributed by atoms with E-state index in [2.05, 4.69) is 32.9 Å². The number of fused-ring (bicyclic) bond motifs is 1. The van der Waals surface area contributed by atoms with Gasteiger partial charge in [-0.15, -0.1) is 0 Å². The van der Waals surface area contributed by atoms with Gasteiger partial charge in [-0.3, -0.25) is 0 Å². The quantitative estimate of drug-likeness (QED) is 0.837. The largest absolute Gasteiger partial charge is 0.458 e. The van der Waals surface area contributed by atoms with Gasteiger partial charge in [-0.25, -0.2) is 0 Å². The van der Waals surface area contributed by atoms with Crippen LogP contribution >= 0.6 is 0 Å². The highest BCUT2D eigenvalue weighted by molar-refractivity contribution is 5.78. The monoisotopic (exact) mass is 286 g/mol. The zero-order chi connectivity index (χ0) is 15.0. The van der Waals surface area contributed by atoms with Gasteiger partial charge in [0.2, 0.25) is 0 Å². The van der Waals surface area contributed by atoms with Gasteiger partial charge in [0.25, 0.3) is 0 Å². The molecule has 1 N–H and O–H groups in total. The maximum absolute atomic E-state index is 10.6. The molecule has 2 nitrogen and oxygen atoms in total. The van der Waals surface area contributed by atoms with E-state index in [0.717, 1.165) is 41.4 Å². The molecule has 2 heteroatoms. The highest BCUT2D eigenvalue weighted by atomic mass is 16.4. The van der Waals surface area contributed by atoms with Crippen molar-refractivity contribution in [3.05, 3.63) is 35.6 Å². The Morgan fingerprint density at radius 1 is 1.05 bits per heavy atom. The van der Waals surface area contributed by atoms with E-state index in [-0.39, 0.29) is 0 Å². The number of rotatable bonds is 3. The molecule has 1 saturated carbocycles. The summed E-state index contributed by atoms with van der Waals surface area (Å²) in [5.41, 5.74) is 2.10. The van der Waals surface area contributed by atoms with Gasteiger partial charge in [0.15, 0.2) is 0 Å². The third-order valence-electron chi connectivity index (χ3n) is 5.19. The molecule has 1 aliphatic rings. The lowest BCUT2D eigenvalue weighted by Gasteiger charge is -2.32. The SMILES string of the molecule is Cc1ccc2oc(C(O)C3CCC(C(C)C)CC3)cc2c1. The van der Waals surface area contributed by atoms with E-state index in [1.165, 1.54) is 18.4 Å². The normalized spacial score (nSPS) is 24.6. The number of furan rings is 1. The fourth-order valence-electron chi connectivity index (χ4n) is 3.69. The second-order valence-electron chi connectivity index (χ2n) is 7.05. The Hall–Kier alpha value is -1.28. The van der Waals surface area contributed by atoms with Gasteiger partial charge in [-0.1, -0.05) is 25.5 Å². The van der Waals surface area contributed by atoms with Crippen molar-refractivity contribution in [1.82, 2.24) is 0 Å². The summed E-state index contributed by atoms with van der Waals surface area (Å²) < 4.78 is 5.86. The molecular weight excluding hydrogens is 260 g/mol. The molecule has 0 amide bonds. The predicted molar refractivity (Wildman–Crippen MR) is 86.2 cm³/mol. The Labute approximate surface area is 127 Å². The van der Waals surface area contributed by atoms with Crippen molar-refractivity contribution in [2.45, 2.75) is 52.6 Å². The minimum atomic E-state index is -0.453. The van der Waals surface area contributed by atoms with Gasteiger partial charge in [0.1, 0.15) is 17.4 Å².